The third-order valence-corrected chi connectivity index (χ3v) is 2.79. The highest BCUT2D eigenvalue weighted by atomic mass is 16.3. The summed E-state index contributed by atoms with van der Waals surface area (Å²) >= 11 is 0. The minimum atomic E-state index is -0.270. The molecule has 1 aromatic heterocycles. The molecule has 1 aromatic carbocycles. The van der Waals surface area contributed by atoms with Crippen molar-refractivity contribution in [3.63, 3.8) is 0 Å². The lowest BCUT2D eigenvalue weighted by Gasteiger charge is -2.07. The SMILES string of the molecule is Cc1ccc(C(=O)NCCc2ccccn2)c(O)c1. The highest BCUT2D eigenvalue weighted by molar-refractivity contribution is 5.96. The van der Waals surface area contributed by atoms with Gasteiger partial charge < -0.3 is 10.4 Å². The average molecular weight is 256 g/mol. The Bertz CT molecular complexity index is 568. The number of phenols is 1. The van der Waals surface area contributed by atoms with Crippen LogP contribution >= 0.6 is 0 Å². The number of hydrogen-bond acceptors (Lipinski definition) is 3. The Morgan fingerprint density at radius 3 is 2.84 bits per heavy atom. The molecule has 0 aliphatic rings. The van der Waals surface area contributed by atoms with Crippen LogP contribution in [-0.2, 0) is 6.42 Å². The molecule has 0 fully saturated rings. The van der Waals surface area contributed by atoms with E-state index in [2.05, 4.69) is 10.3 Å². The average Bonchev–Trinajstić information content (AvgIpc) is 2.39. The molecule has 0 saturated heterocycles. The molecule has 4 heteroatoms. The molecular weight excluding hydrogens is 240 g/mol. The molecule has 0 bridgehead atoms. The van der Waals surface area contributed by atoms with E-state index in [0.717, 1.165) is 11.3 Å². The van der Waals surface area contributed by atoms with E-state index >= 15 is 0 Å². The summed E-state index contributed by atoms with van der Waals surface area (Å²) in [5, 5.41) is 12.5. The van der Waals surface area contributed by atoms with E-state index in [1.807, 2.05) is 25.1 Å². The molecule has 0 unspecified atom stereocenters. The van der Waals surface area contributed by atoms with Gasteiger partial charge in [0.2, 0.25) is 0 Å². The van der Waals surface area contributed by atoms with E-state index in [9.17, 15) is 9.90 Å². The third kappa shape index (κ3) is 3.55. The molecule has 2 aromatic rings. The van der Waals surface area contributed by atoms with Crippen molar-refractivity contribution >= 4 is 5.91 Å². The van der Waals surface area contributed by atoms with Crippen molar-refractivity contribution in [3.8, 4) is 5.75 Å². The lowest BCUT2D eigenvalue weighted by Crippen LogP contribution is -2.25. The van der Waals surface area contributed by atoms with Crippen molar-refractivity contribution in [1.29, 1.82) is 0 Å². The summed E-state index contributed by atoms with van der Waals surface area (Å²) in [7, 11) is 0. The van der Waals surface area contributed by atoms with Gasteiger partial charge in [-0.25, -0.2) is 0 Å². The second kappa shape index (κ2) is 6.00. The largest absolute Gasteiger partial charge is 0.507 e. The van der Waals surface area contributed by atoms with Gasteiger partial charge in [-0.3, -0.25) is 9.78 Å². The Labute approximate surface area is 112 Å². The number of aromatic hydroxyl groups is 1. The number of carbonyl (C=O) groups excluding carboxylic acids is 1. The monoisotopic (exact) mass is 256 g/mol. The van der Waals surface area contributed by atoms with Crippen LogP contribution in [0, 0.1) is 6.92 Å². The van der Waals surface area contributed by atoms with Crippen molar-refractivity contribution in [2.45, 2.75) is 13.3 Å². The molecular formula is C15H16N2O2. The standard InChI is InChI=1S/C15H16N2O2/c1-11-5-6-13(14(18)10-11)15(19)17-9-7-12-4-2-3-8-16-12/h2-6,8,10,18H,7,9H2,1H3,(H,17,19). The normalized spacial score (nSPS) is 10.2. The summed E-state index contributed by atoms with van der Waals surface area (Å²) in [6.07, 6.45) is 2.39. The minimum Gasteiger partial charge on any atom is -0.507 e. The fraction of sp³-hybridized carbons (Fsp3) is 0.200. The maximum Gasteiger partial charge on any atom is 0.255 e. The van der Waals surface area contributed by atoms with Crippen molar-refractivity contribution < 1.29 is 9.90 Å². The molecule has 0 spiro atoms. The highest BCUT2D eigenvalue weighted by Gasteiger charge is 2.10. The van der Waals surface area contributed by atoms with Crippen LogP contribution < -0.4 is 5.32 Å². The quantitative estimate of drug-likeness (QED) is 0.880. The van der Waals surface area contributed by atoms with Crippen LogP contribution in [0.5, 0.6) is 5.75 Å². The molecule has 0 saturated carbocycles. The molecule has 98 valence electrons. The molecule has 19 heavy (non-hydrogen) atoms. The Morgan fingerprint density at radius 1 is 1.32 bits per heavy atom. The number of pyridine rings is 1. The lowest BCUT2D eigenvalue weighted by atomic mass is 10.1. The maximum atomic E-state index is 11.9. The molecule has 1 heterocycles. The molecule has 2 rings (SSSR count). The number of amides is 1. The third-order valence-electron chi connectivity index (χ3n) is 2.79. The zero-order valence-corrected chi connectivity index (χ0v) is 10.8. The number of nitrogens with one attached hydrogen (secondary N) is 1. The maximum absolute atomic E-state index is 11.9. The van der Waals surface area contributed by atoms with Gasteiger partial charge in [-0.05, 0) is 36.8 Å². The molecule has 0 aliphatic heterocycles. The first-order valence-electron chi connectivity index (χ1n) is 6.14. The number of rotatable bonds is 4. The smallest absolute Gasteiger partial charge is 0.255 e. The molecule has 0 aliphatic carbocycles. The number of aromatic nitrogens is 1. The summed E-state index contributed by atoms with van der Waals surface area (Å²) < 4.78 is 0. The summed E-state index contributed by atoms with van der Waals surface area (Å²) in [6.45, 7) is 2.35. The molecule has 4 nitrogen and oxygen atoms in total. The minimum absolute atomic E-state index is 0.00957. The van der Waals surface area contributed by atoms with E-state index in [1.54, 1.807) is 24.4 Å². The van der Waals surface area contributed by atoms with Gasteiger partial charge in [-0.2, -0.15) is 0 Å². The zero-order chi connectivity index (χ0) is 13.7. The zero-order valence-electron chi connectivity index (χ0n) is 10.8. The molecule has 1 amide bonds. The van der Waals surface area contributed by atoms with Crippen molar-refractivity contribution in [2.75, 3.05) is 6.54 Å². The number of phenolic OH excluding ortho intramolecular Hbond substituents is 1. The van der Waals surface area contributed by atoms with Gasteiger partial charge in [0.1, 0.15) is 5.75 Å². The van der Waals surface area contributed by atoms with Gasteiger partial charge in [-0.15, -0.1) is 0 Å². The van der Waals surface area contributed by atoms with Crippen molar-refractivity contribution in [1.82, 2.24) is 10.3 Å². The van der Waals surface area contributed by atoms with Gasteiger partial charge in [0.15, 0.2) is 0 Å². The van der Waals surface area contributed by atoms with Gasteiger partial charge >= 0.3 is 0 Å². The van der Waals surface area contributed by atoms with Crippen molar-refractivity contribution in [2.24, 2.45) is 0 Å². The van der Waals surface area contributed by atoms with Gasteiger partial charge in [0, 0.05) is 24.9 Å². The van der Waals surface area contributed by atoms with E-state index in [-0.39, 0.29) is 11.7 Å². The van der Waals surface area contributed by atoms with Gasteiger partial charge in [0.25, 0.3) is 5.91 Å². The topological polar surface area (TPSA) is 62.2 Å². The Balaban J connectivity index is 1.91. The Kier molecular flexibility index (Phi) is 4.13. The number of aryl methyl sites for hydroxylation is 1. The van der Waals surface area contributed by atoms with E-state index in [4.69, 9.17) is 0 Å². The predicted molar refractivity (Wildman–Crippen MR) is 73.1 cm³/mol. The van der Waals surface area contributed by atoms with Crippen LogP contribution in [0.2, 0.25) is 0 Å². The summed E-state index contributed by atoms with van der Waals surface area (Å²) in [5.74, 6) is -0.260. The Hall–Kier alpha value is -2.36. The number of hydrogen-bond donors (Lipinski definition) is 2. The van der Waals surface area contributed by atoms with E-state index in [1.165, 1.54) is 0 Å². The summed E-state index contributed by atoms with van der Waals surface area (Å²) in [4.78, 5) is 16.1. The molecule has 2 N–H and O–H groups in total. The van der Waals surface area contributed by atoms with Gasteiger partial charge in [0.05, 0.1) is 5.56 Å². The van der Waals surface area contributed by atoms with Crippen LogP contribution in [0.15, 0.2) is 42.6 Å². The van der Waals surface area contributed by atoms with Gasteiger partial charge in [-0.1, -0.05) is 12.1 Å². The second-order valence-corrected chi connectivity index (χ2v) is 4.35. The van der Waals surface area contributed by atoms with E-state index < -0.39 is 0 Å². The first kappa shape index (κ1) is 13.1. The fourth-order valence-corrected chi connectivity index (χ4v) is 1.78. The van der Waals surface area contributed by atoms with Crippen LogP contribution in [0.4, 0.5) is 0 Å². The predicted octanol–water partition coefficient (Wildman–Crippen LogP) is 2.07. The first-order valence-corrected chi connectivity index (χ1v) is 6.14. The Morgan fingerprint density at radius 2 is 2.16 bits per heavy atom. The fourth-order valence-electron chi connectivity index (χ4n) is 1.78. The van der Waals surface area contributed by atoms with Crippen LogP contribution in [-0.4, -0.2) is 22.5 Å². The second-order valence-electron chi connectivity index (χ2n) is 4.35. The van der Waals surface area contributed by atoms with Crippen LogP contribution in [0.1, 0.15) is 21.6 Å². The highest BCUT2D eigenvalue weighted by Crippen LogP contribution is 2.17. The number of benzene rings is 1. The molecule has 0 radical (unpaired) electrons. The van der Waals surface area contributed by atoms with Crippen molar-refractivity contribution in [3.05, 3.63) is 59.4 Å². The summed E-state index contributed by atoms with van der Waals surface area (Å²) in [6, 6.07) is 10.7. The molecule has 0 atom stereocenters. The first-order chi connectivity index (χ1) is 9.16. The summed E-state index contributed by atoms with van der Waals surface area (Å²) in [5.41, 5.74) is 2.14. The lowest BCUT2D eigenvalue weighted by molar-refractivity contribution is 0.0951. The number of nitrogens with zero attached hydrogens (tertiary/aromatic N) is 1. The van der Waals surface area contributed by atoms with E-state index in [0.29, 0.717) is 18.5 Å². The number of carbonyl (C=O) groups is 1. The van der Waals surface area contributed by atoms with Crippen LogP contribution in [0.25, 0.3) is 0 Å². The van der Waals surface area contributed by atoms with Crippen LogP contribution in [0.3, 0.4) is 0 Å².